The number of hydrogen-bond donors (Lipinski definition) is 3. The Morgan fingerprint density at radius 2 is 2.08 bits per heavy atom. The number of H-pyrrole nitrogens is 1. The summed E-state index contributed by atoms with van der Waals surface area (Å²) in [6, 6.07) is 10.3. The van der Waals surface area contributed by atoms with Crippen LogP contribution in [0.15, 0.2) is 30.5 Å². The maximum atomic E-state index is 12.7. The van der Waals surface area contributed by atoms with E-state index in [1.165, 1.54) is 6.42 Å². The van der Waals surface area contributed by atoms with E-state index in [0.29, 0.717) is 17.4 Å². The van der Waals surface area contributed by atoms with Crippen molar-refractivity contribution in [3.63, 3.8) is 0 Å². The number of aromatic amines is 1. The highest BCUT2D eigenvalue weighted by Gasteiger charge is 2.33. The average molecular weight is 350 g/mol. The van der Waals surface area contributed by atoms with E-state index < -0.39 is 0 Å². The summed E-state index contributed by atoms with van der Waals surface area (Å²) in [5.41, 5.74) is 1.69. The first-order valence-corrected chi connectivity index (χ1v) is 9.75. The summed E-state index contributed by atoms with van der Waals surface area (Å²) in [5, 5.41) is 17.1. The lowest BCUT2D eigenvalue weighted by Gasteiger charge is -2.33. The maximum Gasteiger partial charge on any atom is 0.251 e. The molecule has 3 N–H and O–H groups in total. The first-order chi connectivity index (χ1) is 12.7. The molecular formula is C21H26N4O. The highest BCUT2D eigenvalue weighted by molar-refractivity contribution is 5.98. The summed E-state index contributed by atoms with van der Waals surface area (Å²) in [6.07, 6.45) is 8.70. The first kappa shape index (κ1) is 17.1. The fraction of sp³-hybridized carbons (Fsp3) is 0.524. The molecule has 1 aromatic carbocycles. The standard InChI is InChI=1S/C21H26N4O/c22-12-20(14-5-6-14)24-13-17-3-1-2-4-18(17)25-21(26)16-8-7-15-9-10-23-19(15)11-16/h7-11,14,17-18,20,23-24H,1-6,13H2,(H,25,26)/t17-,18+,20?/m1/s1. The van der Waals surface area contributed by atoms with Crippen molar-refractivity contribution < 1.29 is 4.79 Å². The molecule has 0 aliphatic heterocycles. The Labute approximate surface area is 154 Å². The number of nitrogens with one attached hydrogen (secondary N) is 3. The van der Waals surface area contributed by atoms with Gasteiger partial charge in [0, 0.05) is 29.9 Å². The van der Waals surface area contributed by atoms with E-state index in [1.807, 2.05) is 30.5 Å². The number of amides is 1. The Balaban J connectivity index is 1.39. The normalized spacial score (nSPS) is 24.1. The van der Waals surface area contributed by atoms with Gasteiger partial charge in [-0.3, -0.25) is 4.79 Å². The average Bonchev–Trinajstić information content (AvgIpc) is 3.39. The van der Waals surface area contributed by atoms with Crippen molar-refractivity contribution in [3.05, 3.63) is 36.0 Å². The third-order valence-electron chi connectivity index (χ3n) is 5.88. The van der Waals surface area contributed by atoms with E-state index in [-0.39, 0.29) is 18.0 Å². The van der Waals surface area contributed by atoms with Crippen molar-refractivity contribution in [1.29, 1.82) is 5.26 Å². The van der Waals surface area contributed by atoms with Crippen LogP contribution in [-0.4, -0.2) is 29.5 Å². The van der Waals surface area contributed by atoms with Crippen molar-refractivity contribution in [1.82, 2.24) is 15.6 Å². The van der Waals surface area contributed by atoms with Crippen molar-refractivity contribution >= 4 is 16.8 Å². The second kappa shape index (κ2) is 7.51. The number of nitrogens with zero attached hydrogens (tertiary/aromatic N) is 1. The Kier molecular flexibility index (Phi) is 4.94. The predicted molar refractivity (Wildman–Crippen MR) is 102 cm³/mol. The molecule has 1 amide bonds. The number of benzene rings is 1. The zero-order valence-electron chi connectivity index (χ0n) is 15.0. The van der Waals surface area contributed by atoms with Crippen molar-refractivity contribution in [2.45, 2.75) is 50.6 Å². The van der Waals surface area contributed by atoms with Crippen LogP contribution in [-0.2, 0) is 0 Å². The number of nitriles is 1. The smallest absolute Gasteiger partial charge is 0.251 e. The van der Waals surface area contributed by atoms with Gasteiger partial charge in [-0.05, 0) is 61.1 Å². The van der Waals surface area contributed by atoms with Gasteiger partial charge in [0.2, 0.25) is 0 Å². The minimum absolute atomic E-state index is 0.00238. The number of hydrogen-bond acceptors (Lipinski definition) is 3. The minimum Gasteiger partial charge on any atom is -0.361 e. The largest absolute Gasteiger partial charge is 0.361 e. The summed E-state index contributed by atoms with van der Waals surface area (Å²) in [7, 11) is 0. The molecule has 2 fully saturated rings. The number of rotatable bonds is 6. The summed E-state index contributed by atoms with van der Waals surface area (Å²) in [4.78, 5) is 15.9. The number of carbonyl (C=O) groups excluding carboxylic acids is 1. The van der Waals surface area contributed by atoms with E-state index in [1.54, 1.807) is 0 Å². The molecule has 26 heavy (non-hydrogen) atoms. The molecule has 1 unspecified atom stereocenters. The van der Waals surface area contributed by atoms with Crippen LogP contribution in [0.2, 0.25) is 0 Å². The van der Waals surface area contributed by atoms with Crippen LogP contribution < -0.4 is 10.6 Å². The maximum absolute atomic E-state index is 12.7. The van der Waals surface area contributed by atoms with E-state index >= 15 is 0 Å². The van der Waals surface area contributed by atoms with Gasteiger partial charge >= 0.3 is 0 Å². The fourth-order valence-electron chi connectivity index (χ4n) is 4.11. The second-order valence-electron chi connectivity index (χ2n) is 7.76. The van der Waals surface area contributed by atoms with Crippen LogP contribution in [0.4, 0.5) is 0 Å². The third kappa shape index (κ3) is 3.76. The fourth-order valence-corrected chi connectivity index (χ4v) is 4.11. The Hall–Kier alpha value is -2.32. The van der Waals surface area contributed by atoms with Crippen LogP contribution in [0.25, 0.3) is 10.9 Å². The third-order valence-corrected chi connectivity index (χ3v) is 5.88. The quantitative estimate of drug-likeness (QED) is 0.747. The van der Waals surface area contributed by atoms with Gasteiger partial charge in [0.05, 0.1) is 12.1 Å². The van der Waals surface area contributed by atoms with Gasteiger partial charge in [-0.1, -0.05) is 18.9 Å². The Bertz CT molecular complexity index is 817. The van der Waals surface area contributed by atoms with E-state index in [9.17, 15) is 10.1 Å². The molecule has 1 heterocycles. The SMILES string of the molecule is N#CC(NC[C@H]1CCCC[C@@H]1NC(=O)c1ccc2cc[nH]c2c1)C1CC1. The molecule has 0 radical (unpaired) electrons. The molecule has 2 saturated carbocycles. The molecule has 0 bridgehead atoms. The molecule has 2 aromatic rings. The molecule has 5 nitrogen and oxygen atoms in total. The summed E-state index contributed by atoms with van der Waals surface area (Å²) >= 11 is 0. The highest BCUT2D eigenvalue weighted by atomic mass is 16.1. The van der Waals surface area contributed by atoms with Crippen LogP contribution in [0.3, 0.4) is 0 Å². The number of fused-ring (bicyclic) bond motifs is 1. The molecule has 0 spiro atoms. The summed E-state index contributed by atoms with van der Waals surface area (Å²) < 4.78 is 0. The van der Waals surface area contributed by atoms with Crippen molar-refractivity contribution in [3.8, 4) is 6.07 Å². The van der Waals surface area contributed by atoms with Gasteiger partial charge in [0.1, 0.15) is 0 Å². The topological polar surface area (TPSA) is 80.7 Å². The van der Waals surface area contributed by atoms with Crippen molar-refractivity contribution in [2.24, 2.45) is 11.8 Å². The van der Waals surface area contributed by atoms with E-state index in [2.05, 4.69) is 21.7 Å². The lowest BCUT2D eigenvalue weighted by Crippen LogP contribution is -2.47. The molecule has 2 aliphatic rings. The predicted octanol–water partition coefficient (Wildman–Crippen LogP) is 3.35. The van der Waals surface area contributed by atoms with Crippen LogP contribution in [0.1, 0.15) is 48.9 Å². The lowest BCUT2D eigenvalue weighted by atomic mass is 9.84. The van der Waals surface area contributed by atoms with Gasteiger partial charge < -0.3 is 15.6 Å². The zero-order chi connectivity index (χ0) is 17.9. The molecule has 136 valence electrons. The second-order valence-corrected chi connectivity index (χ2v) is 7.76. The van der Waals surface area contributed by atoms with Gasteiger partial charge in [0.15, 0.2) is 0 Å². The number of carbonyl (C=O) groups is 1. The first-order valence-electron chi connectivity index (χ1n) is 9.75. The van der Waals surface area contributed by atoms with Crippen LogP contribution >= 0.6 is 0 Å². The number of aromatic nitrogens is 1. The molecule has 2 aliphatic carbocycles. The minimum atomic E-state index is -0.0245. The lowest BCUT2D eigenvalue weighted by molar-refractivity contribution is 0.0905. The van der Waals surface area contributed by atoms with Gasteiger partial charge in [-0.15, -0.1) is 0 Å². The molecule has 5 heteroatoms. The Morgan fingerprint density at radius 1 is 1.23 bits per heavy atom. The Morgan fingerprint density at radius 3 is 2.88 bits per heavy atom. The molecular weight excluding hydrogens is 324 g/mol. The van der Waals surface area contributed by atoms with Gasteiger partial charge in [0.25, 0.3) is 5.91 Å². The molecule has 0 saturated heterocycles. The van der Waals surface area contributed by atoms with Crippen LogP contribution in [0, 0.1) is 23.2 Å². The molecule has 4 rings (SSSR count). The van der Waals surface area contributed by atoms with Crippen LogP contribution in [0.5, 0.6) is 0 Å². The zero-order valence-corrected chi connectivity index (χ0v) is 15.0. The molecule has 3 atom stereocenters. The monoisotopic (exact) mass is 350 g/mol. The summed E-state index contributed by atoms with van der Waals surface area (Å²) in [5.74, 6) is 0.929. The van der Waals surface area contributed by atoms with Gasteiger partial charge in [-0.2, -0.15) is 5.26 Å². The van der Waals surface area contributed by atoms with Crippen molar-refractivity contribution in [2.75, 3.05) is 6.54 Å². The van der Waals surface area contributed by atoms with E-state index in [0.717, 1.165) is 49.6 Å². The molecule has 1 aromatic heterocycles. The summed E-state index contributed by atoms with van der Waals surface area (Å²) in [6.45, 7) is 0.815. The van der Waals surface area contributed by atoms with E-state index in [4.69, 9.17) is 0 Å². The van der Waals surface area contributed by atoms with Gasteiger partial charge in [-0.25, -0.2) is 0 Å². The highest BCUT2D eigenvalue weighted by Crippen LogP contribution is 2.33.